The largest absolute Gasteiger partial charge is 0.457 e. The van der Waals surface area contributed by atoms with Crippen molar-refractivity contribution >= 4 is 28.5 Å². The van der Waals surface area contributed by atoms with Crippen molar-refractivity contribution in [3.8, 4) is 11.3 Å². The summed E-state index contributed by atoms with van der Waals surface area (Å²) in [5, 5.41) is 11.1. The van der Waals surface area contributed by atoms with Crippen LogP contribution in [0, 0.1) is 5.82 Å². The van der Waals surface area contributed by atoms with Gasteiger partial charge in [0.2, 0.25) is 6.17 Å². The predicted molar refractivity (Wildman–Crippen MR) is 113 cm³/mol. The van der Waals surface area contributed by atoms with Gasteiger partial charge in [-0.3, -0.25) is 10.1 Å². The van der Waals surface area contributed by atoms with Crippen LogP contribution in [0.4, 0.5) is 4.39 Å². The van der Waals surface area contributed by atoms with Gasteiger partial charge in [-0.15, -0.1) is 5.10 Å². The summed E-state index contributed by atoms with van der Waals surface area (Å²) in [7, 11) is 0. The number of nitrogens with zero attached hydrogens (tertiary/aromatic N) is 3. The number of hydrogen-bond donors (Lipinski definition) is 1. The lowest BCUT2D eigenvalue weighted by Crippen LogP contribution is -2.50. The van der Waals surface area contributed by atoms with E-state index in [9.17, 15) is 9.18 Å². The molecule has 6 nitrogen and oxygen atoms in total. The number of furan rings is 1. The lowest BCUT2D eigenvalue weighted by molar-refractivity contribution is -0.116. The van der Waals surface area contributed by atoms with Gasteiger partial charge >= 0.3 is 0 Å². The minimum Gasteiger partial charge on any atom is -0.457 e. The maximum absolute atomic E-state index is 13.3. The van der Waals surface area contributed by atoms with E-state index in [2.05, 4.69) is 10.4 Å². The summed E-state index contributed by atoms with van der Waals surface area (Å²) < 4.78 is 19.3. The summed E-state index contributed by atoms with van der Waals surface area (Å²) in [6, 6.07) is 17.2. The molecule has 0 spiro atoms. The van der Waals surface area contributed by atoms with E-state index in [1.165, 1.54) is 23.9 Å². The molecule has 1 atom stereocenters. The molecule has 2 aliphatic rings. The lowest BCUT2D eigenvalue weighted by Gasteiger charge is -2.32. The number of carbonyl (C=O) groups excluding carboxylic acids is 1. The second-order valence-electron chi connectivity index (χ2n) is 6.71. The van der Waals surface area contributed by atoms with Crippen molar-refractivity contribution in [3.63, 3.8) is 0 Å². The zero-order valence-electron chi connectivity index (χ0n) is 16.0. The predicted octanol–water partition coefficient (Wildman–Crippen LogP) is 2.98. The van der Waals surface area contributed by atoms with Crippen molar-refractivity contribution < 1.29 is 13.6 Å². The Labute approximate surface area is 175 Å². The van der Waals surface area contributed by atoms with E-state index in [0.717, 1.165) is 16.5 Å². The molecule has 0 fully saturated rings. The van der Waals surface area contributed by atoms with Crippen LogP contribution in [0.2, 0.25) is 0 Å². The number of hydrazone groups is 1. The molecule has 2 aliphatic heterocycles. The van der Waals surface area contributed by atoms with E-state index < -0.39 is 6.17 Å². The number of para-hydroxylation sites is 1. The van der Waals surface area contributed by atoms with E-state index in [4.69, 9.17) is 9.41 Å². The maximum Gasteiger partial charge on any atom is 0.276 e. The Kier molecular flexibility index (Phi) is 4.63. The van der Waals surface area contributed by atoms with Gasteiger partial charge in [0.1, 0.15) is 17.3 Å². The first-order chi connectivity index (χ1) is 14.6. The number of nitrogens with one attached hydrogen (secondary N) is 1. The molecule has 0 saturated heterocycles. The summed E-state index contributed by atoms with van der Waals surface area (Å²) in [4.78, 5) is 17.7. The van der Waals surface area contributed by atoms with E-state index in [1.54, 1.807) is 17.1 Å². The van der Waals surface area contributed by atoms with Crippen LogP contribution >= 0.6 is 11.8 Å². The van der Waals surface area contributed by atoms with Crippen LogP contribution in [0.15, 0.2) is 75.2 Å². The molecule has 0 saturated carbocycles. The van der Waals surface area contributed by atoms with Crippen LogP contribution < -0.4 is 15.9 Å². The van der Waals surface area contributed by atoms with Crippen molar-refractivity contribution in [2.24, 2.45) is 10.1 Å². The second-order valence-corrected chi connectivity index (χ2v) is 7.97. The molecule has 0 aliphatic carbocycles. The fourth-order valence-corrected chi connectivity index (χ4v) is 4.06. The van der Waals surface area contributed by atoms with Crippen molar-refractivity contribution in [2.75, 3.05) is 5.75 Å². The second kappa shape index (κ2) is 7.46. The molecule has 5 rings (SSSR count). The van der Waals surface area contributed by atoms with Crippen LogP contribution in [-0.2, 0) is 4.79 Å². The molecular formula is C22H17FN4O2S. The smallest absolute Gasteiger partial charge is 0.276 e. The van der Waals surface area contributed by atoms with Crippen LogP contribution in [-0.4, -0.2) is 21.8 Å². The third-order valence-corrected chi connectivity index (χ3v) is 5.55. The molecule has 3 aromatic rings. The number of amidine groups is 1. The molecule has 1 aromatic heterocycles. The van der Waals surface area contributed by atoms with Gasteiger partial charge in [-0.05, 0) is 48.2 Å². The number of amides is 1. The Balaban J connectivity index is 1.63. The highest BCUT2D eigenvalue weighted by Crippen LogP contribution is 2.33. The Bertz CT molecular complexity index is 1280. The number of thioether (sulfide) groups is 1. The molecule has 150 valence electrons. The summed E-state index contributed by atoms with van der Waals surface area (Å²) in [6.07, 6.45) is -0.623. The average molecular weight is 420 g/mol. The molecule has 0 radical (unpaired) electrons. The van der Waals surface area contributed by atoms with E-state index in [-0.39, 0.29) is 11.7 Å². The number of halogens is 1. The van der Waals surface area contributed by atoms with Gasteiger partial charge in [-0.25, -0.2) is 14.4 Å². The maximum atomic E-state index is 13.3. The van der Waals surface area contributed by atoms with Gasteiger partial charge in [0.05, 0.1) is 5.36 Å². The minimum atomic E-state index is -0.623. The Morgan fingerprint density at radius 1 is 1.13 bits per heavy atom. The van der Waals surface area contributed by atoms with Gasteiger partial charge in [-0.1, -0.05) is 36.9 Å². The molecule has 1 N–H and O–H groups in total. The molecule has 8 heteroatoms. The normalized spacial score (nSPS) is 17.6. The van der Waals surface area contributed by atoms with Gasteiger partial charge in [0, 0.05) is 10.8 Å². The third kappa shape index (κ3) is 3.19. The van der Waals surface area contributed by atoms with E-state index in [0.29, 0.717) is 27.7 Å². The monoisotopic (exact) mass is 420 g/mol. The zero-order valence-corrected chi connectivity index (χ0v) is 16.8. The van der Waals surface area contributed by atoms with Gasteiger partial charge in [-0.2, -0.15) is 0 Å². The third-order valence-electron chi connectivity index (χ3n) is 4.81. The Morgan fingerprint density at radius 2 is 1.93 bits per heavy atom. The number of benzene rings is 2. The highest BCUT2D eigenvalue weighted by atomic mass is 32.2. The lowest BCUT2D eigenvalue weighted by atomic mass is 10.1. The molecule has 1 amide bonds. The molecule has 30 heavy (non-hydrogen) atoms. The number of carbonyl (C=O) groups is 1. The average Bonchev–Trinajstić information content (AvgIpc) is 3.23. The Hall–Kier alpha value is -3.39. The molecule has 0 bridgehead atoms. The quantitative estimate of drug-likeness (QED) is 0.707. The Morgan fingerprint density at radius 3 is 2.73 bits per heavy atom. The highest BCUT2D eigenvalue weighted by Gasteiger charge is 2.35. The fraction of sp³-hybridized carbons (Fsp3) is 0.136. The minimum absolute atomic E-state index is 0.224. The topological polar surface area (TPSA) is 70.2 Å². The van der Waals surface area contributed by atoms with Crippen LogP contribution in [0.3, 0.4) is 0 Å². The van der Waals surface area contributed by atoms with Crippen LogP contribution in [0.25, 0.3) is 17.0 Å². The molecule has 0 unspecified atom stereocenters. The molecule has 2 aromatic carbocycles. The number of fused-ring (bicyclic) bond motifs is 2. The highest BCUT2D eigenvalue weighted by molar-refractivity contribution is 8.13. The summed E-state index contributed by atoms with van der Waals surface area (Å²) >= 11 is 1.45. The molecule has 3 heterocycles. The van der Waals surface area contributed by atoms with Crippen molar-refractivity contribution in [1.29, 1.82) is 0 Å². The van der Waals surface area contributed by atoms with Gasteiger partial charge < -0.3 is 4.42 Å². The number of hydrogen-bond acceptors (Lipinski definition) is 6. The zero-order chi connectivity index (χ0) is 20.7. The number of rotatable bonds is 3. The standard InChI is InChI=1S/C22H17FN4O2S/c1-2-30-22-25-21(28)19-15-5-3-4-6-16(15)24-20(27(19)26-22)18-12-11-17(29-18)13-7-9-14(23)10-8-13/h3-12,20H,2H2,1H3,(H,25,26,28)/t20-/m1/s1. The fourth-order valence-electron chi connectivity index (χ4n) is 3.48. The first-order valence-electron chi connectivity index (χ1n) is 9.49. The SMILES string of the molecule is CCSC1=NN2C(=c3ccccc3=N[C@H]2c2ccc(-c3ccc(F)cc3)o2)C(=O)N1. The van der Waals surface area contributed by atoms with Gasteiger partial charge in [0.25, 0.3) is 5.91 Å². The van der Waals surface area contributed by atoms with Crippen LogP contribution in [0.1, 0.15) is 18.8 Å². The van der Waals surface area contributed by atoms with Gasteiger partial charge in [0.15, 0.2) is 10.9 Å². The van der Waals surface area contributed by atoms with Crippen LogP contribution in [0.5, 0.6) is 0 Å². The summed E-state index contributed by atoms with van der Waals surface area (Å²) in [5.74, 6) is 1.38. The van der Waals surface area contributed by atoms with Crippen molar-refractivity contribution in [1.82, 2.24) is 10.3 Å². The summed E-state index contributed by atoms with van der Waals surface area (Å²) in [5.41, 5.74) is 1.19. The summed E-state index contributed by atoms with van der Waals surface area (Å²) in [6.45, 7) is 1.99. The first-order valence-corrected chi connectivity index (χ1v) is 10.5. The van der Waals surface area contributed by atoms with E-state index >= 15 is 0 Å². The van der Waals surface area contributed by atoms with Crippen molar-refractivity contribution in [3.05, 3.63) is 82.8 Å². The van der Waals surface area contributed by atoms with E-state index in [1.807, 2.05) is 43.3 Å². The first kappa shape index (κ1) is 18.6. The molecular weight excluding hydrogens is 403 g/mol. The van der Waals surface area contributed by atoms with Crippen molar-refractivity contribution in [2.45, 2.75) is 13.1 Å².